The van der Waals surface area contributed by atoms with Crippen LogP contribution in [0.1, 0.15) is 22.3 Å². The van der Waals surface area contributed by atoms with Gasteiger partial charge >= 0.3 is 0 Å². The predicted octanol–water partition coefficient (Wildman–Crippen LogP) is 2.30. The Morgan fingerprint density at radius 3 is 2.24 bits per heavy atom. The fraction of sp³-hybridized carbons (Fsp3) is 0.333. The number of nitrogens with zero attached hydrogens (tertiary/aromatic N) is 1. The van der Waals surface area contributed by atoms with Crippen LogP contribution in [0.4, 0.5) is 5.69 Å². The van der Waals surface area contributed by atoms with Crippen LogP contribution in [0, 0.1) is 27.7 Å². The minimum Gasteiger partial charge on any atom is -0.335 e. The Morgan fingerprint density at radius 1 is 0.931 bits per heavy atom. The van der Waals surface area contributed by atoms with Gasteiger partial charge in [0.05, 0.1) is 18.0 Å². The van der Waals surface area contributed by atoms with E-state index in [1.807, 2.05) is 45.9 Å². The quantitative estimate of drug-likeness (QED) is 0.723. The van der Waals surface area contributed by atoms with Gasteiger partial charge in [0.25, 0.3) is 0 Å². The third-order valence-electron chi connectivity index (χ3n) is 4.68. The van der Waals surface area contributed by atoms with Crippen LogP contribution in [0.2, 0.25) is 0 Å². The topological polar surface area (TPSA) is 95.6 Å². The maximum Gasteiger partial charge on any atom is 0.243 e. The van der Waals surface area contributed by atoms with Crippen molar-refractivity contribution in [3.8, 4) is 0 Å². The molecule has 0 bridgehead atoms. The minimum absolute atomic E-state index is 0.101. The lowest BCUT2D eigenvalue weighted by molar-refractivity contribution is -0.132. The molecule has 2 N–H and O–H groups in total. The van der Waals surface area contributed by atoms with Crippen molar-refractivity contribution in [3.63, 3.8) is 0 Å². The summed E-state index contributed by atoms with van der Waals surface area (Å²) in [5.74, 6) is -0.861. The van der Waals surface area contributed by atoms with Gasteiger partial charge in [-0.3, -0.25) is 9.59 Å². The van der Waals surface area contributed by atoms with Crippen molar-refractivity contribution < 1.29 is 18.0 Å². The van der Waals surface area contributed by atoms with Crippen molar-refractivity contribution >= 4 is 27.5 Å². The van der Waals surface area contributed by atoms with Gasteiger partial charge < -0.3 is 10.2 Å². The van der Waals surface area contributed by atoms with E-state index < -0.39 is 22.5 Å². The van der Waals surface area contributed by atoms with Crippen molar-refractivity contribution in [2.45, 2.75) is 32.6 Å². The molecule has 0 aliphatic heterocycles. The molecule has 0 spiro atoms. The van der Waals surface area contributed by atoms with E-state index in [4.69, 9.17) is 0 Å². The molecular formula is C21H27N3O4S. The summed E-state index contributed by atoms with van der Waals surface area (Å²) in [6.07, 6.45) is 0. The summed E-state index contributed by atoms with van der Waals surface area (Å²) in [7, 11) is -2.36. The smallest absolute Gasteiger partial charge is 0.243 e. The summed E-state index contributed by atoms with van der Waals surface area (Å²) in [4.78, 5) is 25.8. The Balaban J connectivity index is 1.93. The van der Waals surface area contributed by atoms with Crippen molar-refractivity contribution in [2.24, 2.45) is 0 Å². The highest BCUT2D eigenvalue weighted by Gasteiger charge is 2.19. The Labute approximate surface area is 172 Å². The van der Waals surface area contributed by atoms with Gasteiger partial charge in [-0.15, -0.1) is 0 Å². The molecule has 156 valence electrons. The third-order valence-corrected chi connectivity index (χ3v) is 6.07. The second kappa shape index (κ2) is 9.19. The summed E-state index contributed by atoms with van der Waals surface area (Å²) in [6.45, 7) is 6.90. The molecular weight excluding hydrogens is 390 g/mol. The number of carbonyl (C=O) groups is 2. The Bertz CT molecular complexity index is 1030. The highest BCUT2D eigenvalue weighted by molar-refractivity contribution is 7.89. The zero-order valence-corrected chi connectivity index (χ0v) is 18.2. The van der Waals surface area contributed by atoms with E-state index >= 15 is 0 Å². The first-order chi connectivity index (χ1) is 13.5. The number of rotatable bonds is 7. The molecule has 0 aromatic heterocycles. The van der Waals surface area contributed by atoms with Crippen LogP contribution < -0.4 is 10.0 Å². The minimum atomic E-state index is -3.81. The Hall–Kier alpha value is -2.71. The van der Waals surface area contributed by atoms with Gasteiger partial charge in [-0.2, -0.15) is 0 Å². The fourth-order valence-electron chi connectivity index (χ4n) is 2.62. The van der Waals surface area contributed by atoms with Gasteiger partial charge in [-0.05, 0) is 68.1 Å². The van der Waals surface area contributed by atoms with E-state index in [-0.39, 0.29) is 17.3 Å². The van der Waals surface area contributed by atoms with E-state index in [0.717, 1.165) is 22.3 Å². The lowest BCUT2D eigenvalue weighted by Crippen LogP contribution is -2.41. The van der Waals surface area contributed by atoms with Crippen LogP contribution in [-0.2, 0) is 19.6 Å². The Morgan fingerprint density at radius 2 is 1.59 bits per heavy atom. The molecule has 29 heavy (non-hydrogen) atoms. The largest absolute Gasteiger partial charge is 0.335 e. The summed E-state index contributed by atoms with van der Waals surface area (Å²) < 4.78 is 27.1. The molecule has 2 rings (SSSR count). The summed E-state index contributed by atoms with van der Waals surface area (Å²) >= 11 is 0. The van der Waals surface area contributed by atoms with Crippen molar-refractivity contribution in [1.82, 2.24) is 9.62 Å². The van der Waals surface area contributed by atoms with Gasteiger partial charge in [-0.25, -0.2) is 13.1 Å². The first-order valence-electron chi connectivity index (χ1n) is 9.17. The monoisotopic (exact) mass is 417 g/mol. The average Bonchev–Trinajstić information content (AvgIpc) is 2.64. The lowest BCUT2D eigenvalue weighted by Gasteiger charge is -2.18. The second-order valence-corrected chi connectivity index (χ2v) is 8.95. The molecule has 2 aromatic rings. The molecule has 0 aliphatic rings. The first kappa shape index (κ1) is 22.6. The van der Waals surface area contributed by atoms with Gasteiger partial charge in [0.2, 0.25) is 21.8 Å². The summed E-state index contributed by atoms with van der Waals surface area (Å²) in [5.41, 5.74) is 4.44. The molecule has 0 unspecified atom stereocenters. The number of nitrogens with one attached hydrogen (secondary N) is 2. The zero-order chi connectivity index (χ0) is 21.8. The van der Waals surface area contributed by atoms with E-state index in [2.05, 4.69) is 10.0 Å². The third kappa shape index (κ3) is 6.13. The fourth-order valence-corrected chi connectivity index (χ4v) is 3.68. The van der Waals surface area contributed by atoms with Gasteiger partial charge in [0.1, 0.15) is 0 Å². The van der Waals surface area contributed by atoms with Gasteiger partial charge in [0.15, 0.2) is 0 Å². The van der Waals surface area contributed by atoms with Crippen LogP contribution in [-0.4, -0.2) is 45.3 Å². The van der Waals surface area contributed by atoms with Crippen LogP contribution in [0.3, 0.4) is 0 Å². The molecule has 0 saturated heterocycles. The van der Waals surface area contributed by atoms with Crippen molar-refractivity contribution in [3.05, 3.63) is 58.7 Å². The van der Waals surface area contributed by atoms with E-state index in [0.29, 0.717) is 5.69 Å². The Kier molecular flexibility index (Phi) is 7.16. The molecule has 2 amide bonds. The van der Waals surface area contributed by atoms with E-state index in [1.54, 1.807) is 12.1 Å². The molecule has 0 atom stereocenters. The van der Waals surface area contributed by atoms with E-state index in [9.17, 15) is 18.0 Å². The highest BCUT2D eigenvalue weighted by atomic mass is 32.2. The number of aryl methyl sites for hydroxylation is 4. The number of amides is 2. The lowest BCUT2D eigenvalue weighted by atomic mass is 10.1. The second-order valence-electron chi connectivity index (χ2n) is 7.19. The average molecular weight is 418 g/mol. The number of anilines is 1. The first-order valence-corrected chi connectivity index (χ1v) is 10.7. The van der Waals surface area contributed by atoms with Crippen LogP contribution in [0.25, 0.3) is 0 Å². The van der Waals surface area contributed by atoms with Gasteiger partial charge in [0, 0.05) is 12.7 Å². The maximum absolute atomic E-state index is 12.4. The van der Waals surface area contributed by atoms with Crippen molar-refractivity contribution in [1.29, 1.82) is 0 Å². The van der Waals surface area contributed by atoms with Gasteiger partial charge in [-0.1, -0.05) is 18.2 Å². The number of sulfonamides is 1. The molecule has 0 aliphatic carbocycles. The van der Waals surface area contributed by atoms with Crippen molar-refractivity contribution in [2.75, 3.05) is 25.5 Å². The number of benzene rings is 2. The number of likely N-dealkylation sites (N-methyl/N-ethyl adjacent to an activating group) is 1. The molecule has 8 heteroatoms. The zero-order valence-electron chi connectivity index (χ0n) is 17.4. The molecule has 0 fully saturated rings. The van der Waals surface area contributed by atoms with E-state index in [1.165, 1.54) is 18.0 Å². The molecule has 2 aromatic carbocycles. The molecule has 7 nitrogen and oxygen atoms in total. The molecule has 0 radical (unpaired) electrons. The highest BCUT2D eigenvalue weighted by Crippen LogP contribution is 2.16. The summed E-state index contributed by atoms with van der Waals surface area (Å²) in [5, 5.41) is 2.78. The predicted molar refractivity (Wildman–Crippen MR) is 113 cm³/mol. The number of hydrogen-bond donors (Lipinski definition) is 2. The van der Waals surface area contributed by atoms with Crippen LogP contribution in [0.5, 0.6) is 0 Å². The van der Waals surface area contributed by atoms with Crippen LogP contribution >= 0.6 is 0 Å². The number of carbonyl (C=O) groups excluding carboxylic acids is 2. The standard InChI is InChI=1S/C21H27N3O4S/c1-14-6-7-16(3)19(10-14)23-20(25)13-24(5)21(26)12-22-29(27,28)18-9-8-15(2)17(4)11-18/h6-11,22H,12-13H2,1-5H3,(H,23,25). The van der Waals surface area contributed by atoms with Crippen LogP contribution in [0.15, 0.2) is 41.3 Å². The molecule has 0 heterocycles. The molecule has 0 saturated carbocycles. The SMILES string of the molecule is Cc1ccc(C)c(NC(=O)CN(C)C(=O)CNS(=O)(=O)c2ccc(C)c(C)c2)c1. The maximum atomic E-state index is 12.4. The summed E-state index contributed by atoms with van der Waals surface area (Å²) in [6, 6.07) is 10.5. The normalized spacial score (nSPS) is 11.2. The number of hydrogen-bond acceptors (Lipinski definition) is 4.